The number of amides is 1. The van der Waals surface area contributed by atoms with Gasteiger partial charge in [0.1, 0.15) is 0 Å². The molecule has 4 rings (SSSR count). The lowest BCUT2D eigenvalue weighted by atomic mass is 9.89. The smallest absolute Gasteiger partial charge is 0.218 e. The van der Waals surface area contributed by atoms with Crippen molar-refractivity contribution in [2.75, 3.05) is 25.0 Å². The van der Waals surface area contributed by atoms with Crippen molar-refractivity contribution in [2.45, 2.75) is 18.8 Å². The van der Waals surface area contributed by atoms with Crippen molar-refractivity contribution in [3.8, 4) is 0 Å². The zero-order chi connectivity index (χ0) is 17.2. The molecule has 1 aliphatic rings. The van der Waals surface area contributed by atoms with E-state index < -0.39 is 0 Å². The normalized spacial score (nSPS) is 16.2. The fourth-order valence-corrected chi connectivity index (χ4v) is 3.80. The number of anilines is 2. The SMILES string of the molecule is CN1CCC(c2c[nH]c3ccc(N(C=O)c4ccccc4)cc23)CC1. The summed E-state index contributed by atoms with van der Waals surface area (Å²) in [6.45, 7) is 2.28. The fourth-order valence-electron chi connectivity index (χ4n) is 3.80. The maximum atomic E-state index is 11.7. The lowest BCUT2D eigenvalue weighted by molar-refractivity contribution is -0.106. The Morgan fingerprint density at radius 3 is 2.56 bits per heavy atom. The van der Waals surface area contributed by atoms with Gasteiger partial charge >= 0.3 is 0 Å². The molecule has 25 heavy (non-hydrogen) atoms. The molecule has 3 aromatic rings. The molecule has 1 fully saturated rings. The second kappa shape index (κ2) is 6.73. The number of hydrogen-bond donors (Lipinski definition) is 1. The molecule has 4 nitrogen and oxygen atoms in total. The van der Waals surface area contributed by atoms with Crippen molar-refractivity contribution in [2.24, 2.45) is 0 Å². The summed E-state index contributed by atoms with van der Waals surface area (Å²) < 4.78 is 0. The Morgan fingerprint density at radius 1 is 1.08 bits per heavy atom. The molecule has 0 spiro atoms. The number of likely N-dealkylation sites (tertiary alicyclic amines) is 1. The molecule has 1 saturated heterocycles. The Kier molecular flexibility index (Phi) is 4.28. The zero-order valence-corrected chi connectivity index (χ0v) is 14.5. The van der Waals surface area contributed by atoms with Crippen LogP contribution in [0.25, 0.3) is 10.9 Å². The molecule has 2 heterocycles. The van der Waals surface area contributed by atoms with Crippen LogP contribution in [0.3, 0.4) is 0 Å². The molecule has 0 radical (unpaired) electrons. The maximum Gasteiger partial charge on any atom is 0.218 e. The average Bonchev–Trinajstić information content (AvgIpc) is 3.07. The third kappa shape index (κ3) is 3.05. The number of carbonyl (C=O) groups is 1. The van der Waals surface area contributed by atoms with Gasteiger partial charge in [0.25, 0.3) is 0 Å². The van der Waals surface area contributed by atoms with Crippen molar-refractivity contribution in [3.63, 3.8) is 0 Å². The van der Waals surface area contributed by atoms with Crippen molar-refractivity contribution in [1.82, 2.24) is 9.88 Å². The molecule has 128 valence electrons. The molecule has 1 N–H and O–H groups in total. The van der Waals surface area contributed by atoms with E-state index in [1.165, 1.54) is 23.8 Å². The summed E-state index contributed by atoms with van der Waals surface area (Å²) in [5, 5.41) is 1.23. The Hall–Kier alpha value is -2.59. The van der Waals surface area contributed by atoms with Gasteiger partial charge in [0, 0.05) is 28.5 Å². The summed E-state index contributed by atoms with van der Waals surface area (Å²) in [6, 6.07) is 16.0. The van der Waals surface area contributed by atoms with Crippen molar-refractivity contribution in [3.05, 3.63) is 60.3 Å². The van der Waals surface area contributed by atoms with Gasteiger partial charge in [-0.25, -0.2) is 0 Å². The highest BCUT2D eigenvalue weighted by atomic mass is 16.1. The van der Waals surface area contributed by atoms with Gasteiger partial charge in [-0.05, 0) is 74.8 Å². The number of aromatic amines is 1. The first-order chi connectivity index (χ1) is 12.3. The number of rotatable bonds is 4. The molecule has 2 aromatic carbocycles. The van der Waals surface area contributed by atoms with E-state index in [9.17, 15) is 4.79 Å². The largest absolute Gasteiger partial charge is 0.361 e. The van der Waals surface area contributed by atoms with Crippen LogP contribution in [0, 0.1) is 0 Å². The molecule has 1 aromatic heterocycles. The summed E-state index contributed by atoms with van der Waals surface area (Å²) in [5.41, 5.74) is 4.30. The molecule has 0 bridgehead atoms. The topological polar surface area (TPSA) is 39.3 Å². The van der Waals surface area contributed by atoms with Crippen molar-refractivity contribution >= 4 is 28.7 Å². The van der Waals surface area contributed by atoms with Crippen LogP contribution in [0.5, 0.6) is 0 Å². The molecule has 0 atom stereocenters. The van der Waals surface area contributed by atoms with Gasteiger partial charge in [-0.1, -0.05) is 18.2 Å². The van der Waals surface area contributed by atoms with Crippen LogP contribution in [-0.2, 0) is 4.79 Å². The Balaban J connectivity index is 1.72. The third-order valence-electron chi connectivity index (χ3n) is 5.27. The number of aromatic nitrogens is 1. The predicted octanol–water partition coefficient (Wildman–Crippen LogP) is 4.27. The second-order valence-corrected chi connectivity index (χ2v) is 6.86. The van der Waals surface area contributed by atoms with E-state index in [2.05, 4.69) is 35.3 Å². The van der Waals surface area contributed by atoms with E-state index >= 15 is 0 Å². The number of para-hydroxylation sites is 1. The molecule has 0 unspecified atom stereocenters. The van der Waals surface area contributed by atoms with Gasteiger partial charge in [-0.3, -0.25) is 9.69 Å². The summed E-state index contributed by atoms with van der Waals surface area (Å²) >= 11 is 0. The van der Waals surface area contributed by atoms with Crippen molar-refractivity contribution in [1.29, 1.82) is 0 Å². The molecule has 0 aliphatic carbocycles. The van der Waals surface area contributed by atoms with E-state index in [1.807, 2.05) is 36.4 Å². The van der Waals surface area contributed by atoms with E-state index in [1.54, 1.807) is 4.90 Å². The minimum Gasteiger partial charge on any atom is -0.361 e. The highest BCUT2D eigenvalue weighted by Crippen LogP contribution is 2.35. The van der Waals surface area contributed by atoms with E-state index in [0.717, 1.165) is 36.4 Å². The summed E-state index contributed by atoms with van der Waals surface area (Å²) in [7, 11) is 2.19. The highest BCUT2D eigenvalue weighted by molar-refractivity contribution is 5.93. The highest BCUT2D eigenvalue weighted by Gasteiger charge is 2.21. The summed E-state index contributed by atoms with van der Waals surface area (Å²) in [5.74, 6) is 0.585. The number of hydrogen-bond acceptors (Lipinski definition) is 2. The van der Waals surface area contributed by atoms with E-state index in [-0.39, 0.29) is 0 Å². The van der Waals surface area contributed by atoms with Gasteiger partial charge < -0.3 is 9.88 Å². The molecule has 0 saturated carbocycles. The standard InChI is InChI=1S/C21H23N3O/c1-23-11-9-16(10-12-23)20-14-22-21-8-7-18(13-19(20)21)24(15-25)17-5-3-2-4-6-17/h2-8,13-16,22H,9-12H2,1H3. The minimum atomic E-state index is 0.585. The van der Waals surface area contributed by atoms with Crippen LogP contribution >= 0.6 is 0 Å². The number of nitrogens with zero attached hydrogens (tertiary/aromatic N) is 2. The molecule has 1 amide bonds. The molecule has 4 heteroatoms. The first-order valence-corrected chi connectivity index (χ1v) is 8.85. The van der Waals surface area contributed by atoms with Crippen LogP contribution in [0.4, 0.5) is 11.4 Å². The van der Waals surface area contributed by atoms with E-state index in [4.69, 9.17) is 0 Å². The monoisotopic (exact) mass is 333 g/mol. The number of H-pyrrole nitrogens is 1. The number of fused-ring (bicyclic) bond motifs is 1. The number of carbonyl (C=O) groups excluding carboxylic acids is 1. The van der Waals surface area contributed by atoms with Crippen LogP contribution in [0.1, 0.15) is 24.3 Å². The molecule has 1 aliphatic heterocycles. The van der Waals surface area contributed by atoms with E-state index in [0.29, 0.717) is 5.92 Å². The number of nitrogens with one attached hydrogen (secondary N) is 1. The Morgan fingerprint density at radius 2 is 1.84 bits per heavy atom. The first-order valence-electron chi connectivity index (χ1n) is 8.85. The lowest BCUT2D eigenvalue weighted by Gasteiger charge is -2.28. The van der Waals surface area contributed by atoms with Gasteiger partial charge in [0.05, 0.1) is 0 Å². The quantitative estimate of drug-likeness (QED) is 0.724. The fraction of sp³-hybridized carbons (Fsp3) is 0.286. The van der Waals surface area contributed by atoms with Gasteiger partial charge in [-0.15, -0.1) is 0 Å². The van der Waals surface area contributed by atoms with Crippen LogP contribution < -0.4 is 4.90 Å². The number of piperidine rings is 1. The zero-order valence-electron chi connectivity index (χ0n) is 14.5. The van der Waals surface area contributed by atoms with Gasteiger partial charge in [-0.2, -0.15) is 0 Å². The van der Waals surface area contributed by atoms with Gasteiger partial charge in [0.2, 0.25) is 6.41 Å². The first kappa shape index (κ1) is 15.9. The molecular formula is C21H23N3O. The number of benzene rings is 2. The summed E-state index contributed by atoms with van der Waals surface area (Å²) in [6.07, 6.45) is 5.41. The van der Waals surface area contributed by atoms with Crippen LogP contribution in [0.15, 0.2) is 54.7 Å². The Labute approximate surface area is 148 Å². The predicted molar refractivity (Wildman–Crippen MR) is 102 cm³/mol. The lowest BCUT2D eigenvalue weighted by Crippen LogP contribution is -2.29. The molecular weight excluding hydrogens is 310 g/mol. The second-order valence-electron chi connectivity index (χ2n) is 6.86. The van der Waals surface area contributed by atoms with Gasteiger partial charge in [0.15, 0.2) is 0 Å². The minimum absolute atomic E-state index is 0.585. The van der Waals surface area contributed by atoms with Crippen LogP contribution in [0.2, 0.25) is 0 Å². The summed E-state index contributed by atoms with van der Waals surface area (Å²) in [4.78, 5) is 19.2. The van der Waals surface area contributed by atoms with Crippen LogP contribution in [-0.4, -0.2) is 36.4 Å². The maximum absolute atomic E-state index is 11.7. The average molecular weight is 333 g/mol. The third-order valence-corrected chi connectivity index (χ3v) is 5.27. The Bertz CT molecular complexity index is 863. The van der Waals surface area contributed by atoms with Crippen molar-refractivity contribution < 1.29 is 4.79 Å².